The van der Waals surface area contributed by atoms with Gasteiger partial charge in [0.2, 0.25) is 15.9 Å². The van der Waals surface area contributed by atoms with Gasteiger partial charge in [-0.15, -0.1) is 0 Å². The van der Waals surface area contributed by atoms with E-state index in [1.54, 1.807) is 20.2 Å². The van der Waals surface area contributed by atoms with Gasteiger partial charge in [-0.3, -0.25) is 9.13 Å². The molecule has 4 rings (SSSR count). The van der Waals surface area contributed by atoms with Crippen LogP contribution in [-0.4, -0.2) is 33.6 Å². The van der Waals surface area contributed by atoms with E-state index in [-0.39, 0.29) is 29.6 Å². The molecule has 0 aliphatic carbocycles. The van der Waals surface area contributed by atoms with Crippen molar-refractivity contribution < 1.29 is 12.9 Å². The highest BCUT2D eigenvalue weighted by molar-refractivity contribution is 9.10. The maximum absolute atomic E-state index is 13.2. The van der Waals surface area contributed by atoms with E-state index in [2.05, 4.69) is 21.1 Å². The smallest absolute Gasteiger partial charge is 0.328 e. The number of benzene rings is 1. The second-order valence-electron chi connectivity index (χ2n) is 6.23. The highest BCUT2D eigenvalue weighted by Crippen LogP contribution is 2.33. The van der Waals surface area contributed by atoms with Crippen molar-refractivity contribution in [2.75, 3.05) is 12.3 Å². The number of nitrogens with two attached hydrogens (primary N) is 1. The van der Waals surface area contributed by atoms with Crippen LogP contribution in [0.25, 0.3) is 11.0 Å². The molecule has 0 saturated heterocycles. The second-order valence-corrected chi connectivity index (χ2v) is 8.99. The van der Waals surface area contributed by atoms with Crippen LogP contribution < -0.4 is 11.4 Å². The molecular formula is C15H16BrN5O4S. The maximum atomic E-state index is 13.2. The summed E-state index contributed by atoms with van der Waals surface area (Å²) < 4.78 is 36.0. The summed E-state index contributed by atoms with van der Waals surface area (Å²) in [5.74, 6) is 0.139. The lowest BCUT2D eigenvalue weighted by Crippen LogP contribution is -2.36. The third kappa shape index (κ3) is 2.34. The van der Waals surface area contributed by atoms with Crippen LogP contribution in [-0.2, 0) is 37.1 Å². The van der Waals surface area contributed by atoms with Gasteiger partial charge in [-0.1, -0.05) is 5.16 Å². The first kappa shape index (κ1) is 17.3. The third-order valence-corrected chi connectivity index (χ3v) is 7.58. The Morgan fingerprint density at radius 1 is 1.23 bits per heavy atom. The summed E-state index contributed by atoms with van der Waals surface area (Å²) >= 11 is 3.34. The summed E-state index contributed by atoms with van der Waals surface area (Å²) in [6.07, 6.45) is 0.430. The Labute approximate surface area is 157 Å². The van der Waals surface area contributed by atoms with E-state index in [0.717, 1.165) is 0 Å². The number of imidazole rings is 1. The number of halogens is 1. The highest BCUT2D eigenvalue weighted by Gasteiger charge is 2.33. The Morgan fingerprint density at radius 3 is 2.58 bits per heavy atom. The average Bonchev–Trinajstić information content (AvgIpc) is 3.08. The van der Waals surface area contributed by atoms with Gasteiger partial charge in [0, 0.05) is 38.1 Å². The molecule has 3 aromatic rings. The van der Waals surface area contributed by atoms with Gasteiger partial charge in [-0.2, -0.15) is 4.31 Å². The van der Waals surface area contributed by atoms with Crippen LogP contribution in [0.15, 0.2) is 30.8 Å². The second kappa shape index (κ2) is 5.69. The molecule has 0 amide bonds. The first-order valence-corrected chi connectivity index (χ1v) is 10.0. The van der Waals surface area contributed by atoms with E-state index in [1.165, 1.54) is 19.5 Å². The zero-order valence-corrected chi connectivity index (χ0v) is 16.5. The number of rotatable bonds is 2. The minimum absolute atomic E-state index is 0.102. The Bertz CT molecular complexity index is 1210. The zero-order chi connectivity index (χ0) is 18.8. The summed E-state index contributed by atoms with van der Waals surface area (Å²) in [6.45, 7) is 0.380. The van der Waals surface area contributed by atoms with E-state index in [1.807, 2.05) is 0 Å². The summed E-state index contributed by atoms with van der Waals surface area (Å²) in [4.78, 5) is 12.2. The highest BCUT2D eigenvalue weighted by atomic mass is 79.9. The van der Waals surface area contributed by atoms with Crippen molar-refractivity contribution in [3.05, 3.63) is 38.3 Å². The van der Waals surface area contributed by atoms with Gasteiger partial charge in [0.1, 0.15) is 0 Å². The first-order valence-electron chi connectivity index (χ1n) is 7.80. The molecule has 26 heavy (non-hydrogen) atoms. The minimum Gasteiger partial charge on any atom is -0.367 e. The molecule has 1 aromatic carbocycles. The van der Waals surface area contributed by atoms with Crippen molar-refractivity contribution in [1.82, 2.24) is 18.6 Å². The van der Waals surface area contributed by atoms with Crippen LogP contribution in [0.2, 0.25) is 0 Å². The van der Waals surface area contributed by atoms with Gasteiger partial charge >= 0.3 is 5.69 Å². The Balaban J connectivity index is 1.84. The topological polar surface area (TPSA) is 116 Å². The Hall–Kier alpha value is -2.11. The third-order valence-electron chi connectivity index (χ3n) is 4.78. The fourth-order valence-corrected chi connectivity index (χ4v) is 5.67. The molecule has 0 fully saturated rings. The van der Waals surface area contributed by atoms with Crippen LogP contribution in [0.1, 0.15) is 11.3 Å². The number of nitrogen functional groups attached to an aromatic ring is 1. The number of hydrogen-bond acceptors (Lipinski definition) is 6. The molecule has 1 aliphatic heterocycles. The average molecular weight is 442 g/mol. The molecule has 2 aromatic heterocycles. The van der Waals surface area contributed by atoms with Crippen LogP contribution in [0.3, 0.4) is 0 Å². The predicted molar refractivity (Wildman–Crippen MR) is 98.1 cm³/mol. The normalized spacial score (nSPS) is 15.5. The first-order chi connectivity index (χ1) is 12.2. The van der Waals surface area contributed by atoms with Crippen molar-refractivity contribution in [3.8, 4) is 0 Å². The van der Waals surface area contributed by atoms with E-state index >= 15 is 0 Å². The van der Waals surface area contributed by atoms with Crippen molar-refractivity contribution >= 4 is 42.9 Å². The standard InChI is InChI=1S/C15H16BrN5O4S/c1-19-11-5-9(16)13(6-12(11)20(2)15(19)22)26(23,24)21-4-3-10-8(7-21)14(17)25-18-10/h5-6H,3-4,7,17H2,1-2H3. The van der Waals surface area contributed by atoms with Crippen molar-refractivity contribution in [3.63, 3.8) is 0 Å². The molecule has 11 heteroatoms. The Kier molecular flexibility index (Phi) is 3.79. The predicted octanol–water partition coefficient (Wildman–Crippen LogP) is 0.957. The molecule has 0 bridgehead atoms. The number of nitrogens with zero attached hydrogens (tertiary/aromatic N) is 4. The fourth-order valence-electron chi connectivity index (χ4n) is 3.25. The number of fused-ring (bicyclic) bond motifs is 2. The lowest BCUT2D eigenvalue weighted by molar-refractivity contribution is 0.386. The lowest BCUT2D eigenvalue weighted by Gasteiger charge is -2.25. The van der Waals surface area contributed by atoms with Gasteiger partial charge in [-0.05, 0) is 28.1 Å². The number of anilines is 1. The van der Waals surface area contributed by atoms with E-state index in [4.69, 9.17) is 10.3 Å². The molecule has 0 radical (unpaired) electrons. The maximum Gasteiger partial charge on any atom is 0.328 e. The molecule has 9 nitrogen and oxygen atoms in total. The molecule has 0 atom stereocenters. The number of hydrogen-bond donors (Lipinski definition) is 1. The van der Waals surface area contributed by atoms with Crippen LogP contribution in [0, 0.1) is 0 Å². The lowest BCUT2D eigenvalue weighted by atomic mass is 10.1. The molecule has 0 spiro atoms. The van der Waals surface area contributed by atoms with Gasteiger partial charge in [-0.25, -0.2) is 13.2 Å². The van der Waals surface area contributed by atoms with Gasteiger partial charge in [0.15, 0.2) is 0 Å². The largest absolute Gasteiger partial charge is 0.367 e. The molecule has 3 heterocycles. The summed E-state index contributed by atoms with van der Waals surface area (Å²) in [5.41, 5.74) is 8.01. The zero-order valence-electron chi connectivity index (χ0n) is 14.1. The van der Waals surface area contributed by atoms with Crippen LogP contribution in [0.5, 0.6) is 0 Å². The molecule has 0 saturated carbocycles. The van der Waals surface area contributed by atoms with Crippen molar-refractivity contribution in [1.29, 1.82) is 0 Å². The quantitative estimate of drug-likeness (QED) is 0.632. The van der Waals surface area contributed by atoms with Crippen LogP contribution in [0.4, 0.5) is 5.88 Å². The Morgan fingerprint density at radius 2 is 1.88 bits per heavy atom. The molecule has 138 valence electrons. The molecule has 0 unspecified atom stereocenters. The summed E-state index contributed by atoms with van der Waals surface area (Å²) in [7, 11) is -0.549. The number of aromatic nitrogens is 3. The SMILES string of the molecule is Cn1c(=O)n(C)c2cc(S(=O)(=O)N3CCc4noc(N)c4C3)c(Br)cc21. The minimum atomic E-state index is -3.81. The summed E-state index contributed by atoms with van der Waals surface area (Å²) in [6, 6.07) is 3.16. The van der Waals surface area contributed by atoms with Crippen LogP contribution >= 0.6 is 15.9 Å². The van der Waals surface area contributed by atoms with Gasteiger partial charge in [0.05, 0.1) is 27.2 Å². The number of aryl methyl sites for hydroxylation is 2. The van der Waals surface area contributed by atoms with E-state index in [0.29, 0.717) is 33.2 Å². The van der Waals surface area contributed by atoms with Gasteiger partial charge < -0.3 is 10.3 Å². The van der Waals surface area contributed by atoms with E-state index in [9.17, 15) is 13.2 Å². The van der Waals surface area contributed by atoms with Crippen molar-refractivity contribution in [2.45, 2.75) is 17.9 Å². The molecular weight excluding hydrogens is 426 g/mol. The van der Waals surface area contributed by atoms with Crippen molar-refractivity contribution in [2.24, 2.45) is 14.1 Å². The van der Waals surface area contributed by atoms with Gasteiger partial charge in [0.25, 0.3) is 0 Å². The summed E-state index contributed by atoms with van der Waals surface area (Å²) in [5, 5.41) is 3.86. The fraction of sp³-hybridized carbons (Fsp3) is 0.333. The molecule has 2 N–H and O–H groups in total. The van der Waals surface area contributed by atoms with E-state index < -0.39 is 10.0 Å². The monoisotopic (exact) mass is 441 g/mol. The molecule has 1 aliphatic rings. The number of sulfonamides is 1.